The van der Waals surface area contributed by atoms with E-state index in [4.69, 9.17) is 5.73 Å². The van der Waals surface area contributed by atoms with E-state index in [1.54, 1.807) is 34.1 Å². The van der Waals surface area contributed by atoms with Gasteiger partial charge in [-0.1, -0.05) is 29.8 Å². The Morgan fingerprint density at radius 3 is 2.30 bits per heavy atom. The fourth-order valence-corrected chi connectivity index (χ4v) is 4.51. The number of hydrogen-bond acceptors (Lipinski definition) is 4. The number of nitrogens with two attached hydrogens (primary N) is 1. The van der Waals surface area contributed by atoms with Crippen molar-refractivity contribution >= 4 is 35.0 Å². The first-order chi connectivity index (χ1) is 15.8. The highest BCUT2D eigenvalue weighted by molar-refractivity contribution is 6.03. The van der Waals surface area contributed by atoms with E-state index in [0.29, 0.717) is 38.2 Å². The van der Waals surface area contributed by atoms with Crippen LogP contribution in [-0.2, 0) is 14.4 Å². The summed E-state index contributed by atoms with van der Waals surface area (Å²) in [5.74, 6) is -1.49. The molecule has 2 aromatic carbocycles. The molecule has 8 nitrogen and oxygen atoms in total. The lowest BCUT2D eigenvalue weighted by Gasteiger charge is -2.33. The molecule has 0 unspecified atom stereocenters. The normalized spacial score (nSPS) is 18.9. The van der Waals surface area contributed by atoms with Crippen molar-refractivity contribution in [2.45, 2.75) is 26.2 Å². The van der Waals surface area contributed by atoms with Crippen LogP contribution in [0.2, 0.25) is 0 Å². The summed E-state index contributed by atoms with van der Waals surface area (Å²) in [6.45, 7) is 3.29. The van der Waals surface area contributed by atoms with Gasteiger partial charge in [-0.3, -0.25) is 19.2 Å². The van der Waals surface area contributed by atoms with Crippen LogP contribution < -0.4 is 16.0 Å². The number of rotatable bonds is 5. The van der Waals surface area contributed by atoms with Crippen LogP contribution >= 0.6 is 0 Å². The number of hydrogen-bond donors (Lipinski definition) is 2. The van der Waals surface area contributed by atoms with Crippen LogP contribution in [0.1, 0.15) is 35.2 Å². The Hall–Kier alpha value is -3.68. The molecular weight excluding hydrogens is 420 g/mol. The van der Waals surface area contributed by atoms with Crippen LogP contribution in [0, 0.1) is 18.8 Å². The third kappa shape index (κ3) is 4.89. The van der Waals surface area contributed by atoms with Gasteiger partial charge in [0.2, 0.25) is 17.7 Å². The molecule has 2 aliphatic rings. The lowest BCUT2D eigenvalue weighted by Crippen LogP contribution is -2.44. The number of para-hydroxylation sites is 1. The first kappa shape index (κ1) is 22.5. The maximum Gasteiger partial charge on any atom is 0.250 e. The average Bonchev–Trinajstić information content (AvgIpc) is 3.21. The number of anilines is 2. The van der Waals surface area contributed by atoms with Crippen molar-refractivity contribution in [3.63, 3.8) is 0 Å². The lowest BCUT2D eigenvalue weighted by molar-refractivity contribution is -0.138. The second-order valence-electron chi connectivity index (χ2n) is 8.74. The van der Waals surface area contributed by atoms with E-state index < -0.39 is 5.91 Å². The number of carbonyl (C=O) groups excluding carboxylic acids is 4. The quantitative estimate of drug-likeness (QED) is 0.731. The van der Waals surface area contributed by atoms with Crippen molar-refractivity contribution < 1.29 is 19.2 Å². The van der Waals surface area contributed by atoms with Crippen molar-refractivity contribution in [1.82, 2.24) is 4.90 Å². The minimum Gasteiger partial charge on any atom is -0.366 e. The topological polar surface area (TPSA) is 113 Å². The summed E-state index contributed by atoms with van der Waals surface area (Å²) in [4.78, 5) is 53.3. The van der Waals surface area contributed by atoms with E-state index in [9.17, 15) is 19.2 Å². The zero-order chi connectivity index (χ0) is 23.5. The smallest absolute Gasteiger partial charge is 0.250 e. The molecule has 2 fully saturated rings. The molecule has 0 spiro atoms. The van der Waals surface area contributed by atoms with Crippen LogP contribution in [0.25, 0.3) is 0 Å². The van der Waals surface area contributed by atoms with E-state index in [-0.39, 0.29) is 41.5 Å². The Labute approximate surface area is 192 Å². The molecule has 0 saturated carbocycles. The van der Waals surface area contributed by atoms with Crippen molar-refractivity contribution in [1.29, 1.82) is 0 Å². The molecule has 2 heterocycles. The highest BCUT2D eigenvalue weighted by Gasteiger charge is 2.38. The number of nitrogens with one attached hydrogen (secondary N) is 1. The highest BCUT2D eigenvalue weighted by Crippen LogP contribution is 2.28. The summed E-state index contributed by atoms with van der Waals surface area (Å²) in [5.41, 5.74) is 7.97. The largest absolute Gasteiger partial charge is 0.366 e. The molecule has 0 aromatic heterocycles. The maximum absolute atomic E-state index is 13.1. The van der Waals surface area contributed by atoms with Crippen LogP contribution in [0.4, 0.5) is 11.4 Å². The van der Waals surface area contributed by atoms with Gasteiger partial charge in [-0.25, -0.2) is 0 Å². The number of amides is 4. The first-order valence-corrected chi connectivity index (χ1v) is 11.2. The SMILES string of the molecule is Cc1ccc(N2C[C@@H](C(=O)N3CCC(C(=O)Nc4ccccc4C(N)=O)CC3)CC2=O)cc1. The number of primary amides is 1. The molecule has 3 N–H and O–H groups in total. The van der Waals surface area contributed by atoms with Gasteiger partial charge in [-0.05, 0) is 44.0 Å². The molecule has 0 bridgehead atoms. The number of piperidine rings is 1. The summed E-state index contributed by atoms with van der Waals surface area (Å²) < 4.78 is 0. The van der Waals surface area contributed by atoms with Crippen LogP contribution in [0.3, 0.4) is 0 Å². The summed E-state index contributed by atoms with van der Waals surface area (Å²) in [5, 5.41) is 2.80. The predicted molar refractivity (Wildman–Crippen MR) is 125 cm³/mol. The molecule has 4 rings (SSSR count). The Morgan fingerprint density at radius 2 is 1.64 bits per heavy atom. The highest BCUT2D eigenvalue weighted by atomic mass is 16.2. The second kappa shape index (κ2) is 9.44. The maximum atomic E-state index is 13.1. The van der Waals surface area contributed by atoms with Gasteiger partial charge in [0.1, 0.15) is 0 Å². The minimum absolute atomic E-state index is 0.0316. The van der Waals surface area contributed by atoms with Crippen molar-refractivity contribution in [3.8, 4) is 0 Å². The minimum atomic E-state index is -0.600. The Balaban J connectivity index is 1.32. The standard InChI is InChI=1S/C25H28N4O4/c1-16-6-8-19(9-7-16)29-15-18(14-22(29)30)25(33)28-12-10-17(11-13-28)24(32)27-21-5-3-2-4-20(21)23(26)31/h2-9,17-18H,10-15H2,1H3,(H2,26,31)(H,27,32)/t18-/m0/s1. The molecule has 172 valence electrons. The zero-order valence-electron chi connectivity index (χ0n) is 18.6. The van der Waals surface area contributed by atoms with Crippen LogP contribution in [0.5, 0.6) is 0 Å². The molecule has 8 heteroatoms. The van der Waals surface area contributed by atoms with Gasteiger partial charge in [-0.15, -0.1) is 0 Å². The van der Waals surface area contributed by atoms with Crippen LogP contribution in [0.15, 0.2) is 48.5 Å². The van der Waals surface area contributed by atoms with E-state index in [1.165, 1.54) is 0 Å². The number of benzene rings is 2. The molecule has 0 aliphatic carbocycles. The van der Waals surface area contributed by atoms with Gasteiger partial charge in [0.25, 0.3) is 5.91 Å². The van der Waals surface area contributed by atoms with Crippen molar-refractivity contribution in [2.75, 3.05) is 29.9 Å². The fourth-order valence-electron chi connectivity index (χ4n) is 4.51. The average molecular weight is 449 g/mol. The Kier molecular flexibility index (Phi) is 6.44. The van der Waals surface area contributed by atoms with Gasteiger partial charge in [-0.2, -0.15) is 0 Å². The second-order valence-corrected chi connectivity index (χ2v) is 8.74. The van der Waals surface area contributed by atoms with E-state index in [2.05, 4.69) is 5.32 Å². The third-order valence-corrected chi connectivity index (χ3v) is 6.45. The Morgan fingerprint density at radius 1 is 0.970 bits per heavy atom. The van der Waals surface area contributed by atoms with E-state index >= 15 is 0 Å². The Bertz CT molecular complexity index is 1070. The van der Waals surface area contributed by atoms with E-state index in [0.717, 1.165) is 11.3 Å². The number of likely N-dealkylation sites (tertiary alicyclic amines) is 1. The van der Waals surface area contributed by atoms with Crippen molar-refractivity contribution in [3.05, 3.63) is 59.7 Å². The predicted octanol–water partition coefficient (Wildman–Crippen LogP) is 2.32. The fraction of sp³-hybridized carbons (Fsp3) is 0.360. The summed E-state index contributed by atoms with van der Waals surface area (Å²) in [6, 6.07) is 14.3. The molecule has 1 atom stereocenters. The number of aryl methyl sites for hydroxylation is 1. The molecular formula is C25H28N4O4. The van der Waals surface area contributed by atoms with Gasteiger partial charge < -0.3 is 20.9 Å². The van der Waals surface area contributed by atoms with Crippen molar-refractivity contribution in [2.24, 2.45) is 17.6 Å². The molecule has 4 amide bonds. The van der Waals surface area contributed by atoms with Gasteiger partial charge >= 0.3 is 0 Å². The zero-order valence-corrected chi connectivity index (χ0v) is 18.6. The number of nitrogens with zero attached hydrogens (tertiary/aromatic N) is 2. The van der Waals surface area contributed by atoms with Gasteiger partial charge in [0.15, 0.2) is 0 Å². The molecule has 2 saturated heterocycles. The first-order valence-electron chi connectivity index (χ1n) is 11.2. The summed E-state index contributed by atoms with van der Waals surface area (Å²) >= 11 is 0. The van der Waals surface area contributed by atoms with Crippen LogP contribution in [-0.4, -0.2) is 48.2 Å². The monoisotopic (exact) mass is 448 g/mol. The lowest BCUT2D eigenvalue weighted by atomic mass is 9.94. The van der Waals surface area contributed by atoms with Gasteiger partial charge in [0, 0.05) is 37.7 Å². The van der Waals surface area contributed by atoms with E-state index in [1.807, 2.05) is 31.2 Å². The molecule has 33 heavy (non-hydrogen) atoms. The van der Waals surface area contributed by atoms with Gasteiger partial charge in [0.05, 0.1) is 17.2 Å². The third-order valence-electron chi connectivity index (χ3n) is 6.45. The molecule has 0 radical (unpaired) electrons. The number of carbonyl (C=O) groups is 4. The summed E-state index contributed by atoms with van der Waals surface area (Å²) in [7, 11) is 0. The summed E-state index contributed by atoms with van der Waals surface area (Å²) in [6.07, 6.45) is 1.26. The molecule has 2 aliphatic heterocycles. The molecule has 2 aromatic rings.